The summed E-state index contributed by atoms with van der Waals surface area (Å²) in [6, 6.07) is 10.4. The van der Waals surface area contributed by atoms with Gasteiger partial charge in [-0.3, -0.25) is 0 Å². The van der Waals surface area contributed by atoms with Crippen LogP contribution in [0.4, 0.5) is 5.82 Å². The summed E-state index contributed by atoms with van der Waals surface area (Å²) in [5, 5.41) is 0. The van der Waals surface area contributed by atoms with Crippen molar-refractivity contribution in [2.45, 2.75) is 32.7 Å². The zero-order valence-electron chi connectivity index (χ0n) is 11.4. The van der Waals surface area contributed by atoms with E-state index in [1.807, 2.05) is 17.6 Å². The summed E-state index contributed by atoms with van der Waals surface area (Å²) in [7, 11) is 0. The molecule has 1 atom stereocenters. The maximum atomic E-state index is 6.12. The minimum Gasteiger partial charge on any atom is -0.384 e. The maximum Gasteiger partial charge on any atom is 0.127 e. The molecule has 0 saturated heterocycles. The summed E-state index contributed by atoms with van der Waals surface area (Å²) in [6.07, 6.45) is 6.17. The molecule has 0 aliphatic heterocycles. The first-order chi connectivity index (χ1) is 9.13. The first kappa shape index (κ1) is 13.2. The number of aromatic nitrogens is 2. The third-order valence-electron chi connectivity index (χ3n) is 3.39. The molecule has 3 nitrogen and oxygen atoms in total. The van der Waals surface area contributed by atoms with Crippen LogP contribution in [0.25, 0.3) is 0 Å². The van der Waals surface area contributed by atoms with E-state index in [2.05, 4.69) is 42.1 Å². The number of imidazole rings is 1. The number of nitrogens with zero attached hydrogens (tertiary/aromatic N) is 2. The molecule has 0 aliphatic carbocycles. The molecule has 1 aromatic heterocycles. The lowest BCUT2D eigenvalue weighted by molar-refractivity contribution is 0.745. The lowest BCUT2D eigenvalue weighted by Gasteiger charge is -2.10. The van der Waals surface area contributed by atoms with E-state index >= 15 is 0 Å². The molecule has 1 unspecified atom stereocenters. The SMILES string of the molecule is C#CCn1c(C)nc(CC(C)c2ccccc2)c1N. The van der Waals surface area contributed by atoms with Gasteiger partial charge in [0.05, 0.1) is 12.2 Å². The molecule has 0 spiro atoms. The summed E-state index contributed by atoms with van der Waals surface area (Å²) < 4.78 is 1.88. The maximum absolute atomic E-state index is 6.12. The van der Waals surface area contributed by atoms with Crippen LogP contribution < -0.4 is 5.73 Å². The summed E-state index contributed by atoms with van der Waals surface area (Å²) in [5.41, 5.74) is 8.35. The molecular weight excluding hydrogens is 234 g/mol. The van der Waals surface area contributed by atoms with Crippen molar-refractivity contribution < 1.29 is 0 Å². The van der Waals surface area contributed by atoms with Gasteiger partial charge < -0.3 is 10.3 Å². The smallest absolute Gasteiger partial charge is 0.127 e. The van der Waals surface area contributed by atoms with Crippen LogP contribution in [0.1, 0.15) is 29.9 Å². The van der Waals surface area contributed by atoms with Crippen molar-refractivity contribution in [3.63, 3.8) is 0 Å². The van der Waals surface area contributed by atoms with Crippen molar-refractivity contribution in [1.29, 1.82) is 0 Å². The molecule has 0 bridgehead atoms. The Kier molecular flexibility index (Phi) is 3.91. The Morgan fingerprint density at radius 2 is 2.05 bits per heavy atom. The zero-order chi connectivity index (χ0) is 13.8. The Morgan fingerprint density at radius 3 is 2.68 bits per heavy atom. The third kappa shape index (κ3) is 2.79. The normalized spacial score (nSPS) is 12.1. The van der Waals surface area contributed by atoms with Crippen molar-refractivity contribution in [2.75, 3.05) is 5.73 Å². The summed E-state index contributed by atoms with van der Waals surface area (Å²) in [4.78, 5) is 4.54. The fourth-order valence-corrected chi connectivity index (χ4v) is 2.27. The first-order valence-electron chi connectivity index (χ1n) is 6.43. The summed E-state index contributed by atoms with van der Waals surface area (Å²) in [6.45, 7) is 4.60. The third-order valence-corrected chi connectivity index (χ3v) is 3.39. The Hall–Kier alpha value is -2.21. The number of benzene rings is 1. The van der Waals surface area contributed by atoms with Crippen LogP contribution in [0, 0.1) is 19.3 Å². The van der Waals surface area contributed by atoms with E-state index in [0.29, 0.717) is 18.3 Å². The number of terminal acetylenes is 1. The van der Waals surface area contributed by atoms with Gasteiger partial charge in [0.2, 0.25) is 0 Å². The van der Waals surface area contributed by atoms with Crippen molar-refractivity contribution >= 4 is 5.82 Å². The lowest BCUT2D eigenvalue weighted by Crippen LogP contribution is -2.06. The van der Waals surface area contributed by atoms with Crippen molar-refractivity contribution in [1.82, 2.24) is 9.55 Å². The van der Waals surface area contributed by atoms with Gasteiger partial charge in [-0.1, -0.05) is 43.2 Å². The van der Waals surface area contributed by atoms with E-state index in [4.69, 9.17) is 12.2 Å². The predicted octanol–water partition coefficient (Wildman–Crippen LogP) is 2.75. The van der Waals surface area contributed by atoms with Gasteiger partial charge in [0.15, 0.2) is 0 Å². The Balaban J connectivity index is 2.21. The van der Waals surface area contributed by atoms with Gasteiger partial charge in [-0.25, -0.2) is 4.98 Å². The number of anilines is 1. The van der Waals surface area contributed by atoms with E-state index < -0.39 is 0 Å². The van der Waals surface area contributed by atoms with E-state index in [1.165, 1.54) is 5.56 Å². The topological polar surface area (TPSA) is 43.8 Å². The highest BCUT2D eigenvalue weighted by Gasteiger charge is 2.15. The molecule has 0 fully saturated rings. The number of nitrogen functional groups attached to an aromatic ring is 1. The number of aryl methyl sites for hydroxylation is 1. The molecule has 1 heterocycles. The van der Waals surface area contributed by atoms with E-state index in [9.17, 15) is 0 Å². The van der Waals surface area contributed by atoms with E-state index in [1.54, 1.807) is 0 Å². The predicted molar refractivity (Wildman–Crippen MR) is 78.8 cm³/mol. The van der Waals surface area contributed by atoms with Crippen LogP contribution in [0.2, 0.25) is 0 Å². The fourth-order valence-electron chi connectivity index (χ4n) is 2.27. The molecule has 0 radical (unpaired) electrons. The number of nitrogens with two attached hydrogens (primary N) is 1. The summed E-state index contributed by atoms with van der Waals surface area (Å²) >= 11 is 0. The second kappa shape index (κ2) is 5.62. The average molecular weight is 253 g/mol. The lowest BCUT2D eigenvalue weighted by atomic mass is 9.96. The molecule has 0 aliphatic rings. The molecule has 0 saturated carbocycles. The van der Waals surface area contributed by atoms with Crippen molar-refractivity contribution in [3.05, 3.63) is 47.4 Å². The molecule has 2 aromatic rings. The first-order valence-corrected chi connectivity index (χ1v) is 6.43. The highest BCUT2D eigenvalue weighted by Crippen LogP contribution is 2.23. The molecule has 2 N–H and O–H groups in total. The Labute approximate surface area is 114 Å². The van der Waals surface area contributed by atoms with Gasteiger partial charge in [0.1, 0.15) is 11.6 Å². The molecule has 1 aromatic carbocycles. The molecule has 2 rings (SSSR count). The highest BCUT2D eigenvalue weighted by molar-refractivity contribution is 5.40. The second-order valence-electron chi connectivity index (χ2n) is 4.80. The molecular formula is C16H19N3. The zero-order valence-corrected chi connectivity index (χ0v) is 11.4. The standard InChI is InChI=1S/C16H19N3/c1-4-10-19-13(3)18-15(16(19)17)11-12(2)14-8-6-5-7-9-14/h1,5-9,12H,10-11,17H2,2-3H3. The number of hydrogen-bond acceptors (Lipinski definition) is 2. The quantitative estimate of drug-likeness (QED) is 0.851. The van der Waals surface area contributed by atoms with E-state index in [-0.39, 0.29) is 0 Å². The minimum atomic E-state index is 0.386. The monoisotopic (exact) mass is 253 g/mol. The second-order valence-corrected chi connectivity index (χ2v) is 4.80. The largest absolute Gasteiger partial charge is 0.384 e. The Morgan fingerprint density at radius 1 is 1.37 bits per heavy atom. The van der Waals surface area contributed by atoms with Gasteiger partial charge >= 0.3 is 0 Å². The molecule has 98 valence electrons. The van der Waals surface area contributed by atoms with Gasteiger partial charge in [-0.05, 0) is 24.8 Å². The van der Waals surface area contributed by atoms with Crippen LogP contribution in [0.3, 0.4) is 0 Å². The van der Waals surface area contributed by atoms with Crippen LogP contribution >= 0.6 is 0 Å². The van der Waals surface area contributed by atoms with E-state index in [0.717, 1.165) is 17.9 Å². The van der Waals surface area contributed by atoms with Crippen molar-refractivity contribution in [3.8, 4) is 12.3 Å². The van der Waals surface area contributed by atoms with Gasteiger partial charge in [0.25, 0.3) is 0 Å². The number of rotatable bonds is 4. The van der Waals surface area contributed by atoms with Gasteiger partial charge in [0, 0.05) is 0 Å². The number of hydrogen-bond donors (Lipinski definition) is 1. The Bertz CT molecular complexity index is 590. The fraction of sp³-hybridized carbons (Fsp3) is 0.312. The van der Waals surface area contributed by atoms with Crippen molar-refractivity contribution in [2.24, 2.45) is 0 Å². The highest BCUT2D eigenvalue weighted by atomic mass is 15.1. The average Bonchev–Trinajstić information content (AvgIpc) is 2.68. The van der Waals surface area contributed by atoms with Crippen LogP contribution in [-0.2, 0) is 13.0 Å². The van der Waals surface area contributed by atoms with Crippen LogP contribution in [0.15, 0.2) is 30.3 Å². The summed E-state index contributed by atoms with van der Waals surface area (Å²) in [5.74, 6) is 4.57. The minimum absolute atomic E-state index is 0.386. The molecule has 19 heavy (non-hydrogen) atoms. The van der Waals surface area contributed by atoms with Crippen LogP contribution in [0.5, 0.6) is 0 Å². The van der Waals surface area contributed by atoms with Gasteiger partial charge in [-0.15, -0.1) is 6.42 Å². The van der Waals surface area contributed by atoms with Gasteiger partial charge in [-0.2, -0.15) is 0 Å². The van der Waals surface area contributed by atoms with Crippen LogP contribution in [-0.4, -0.2) is 9.55 Å². The molecule has 0 amide bonds. The molecule has 3 heteroatoms.